The summed E-state index contributed by atoms with van der Waals surface area (Å²) in [6.45, 7) is 3.42. The van der Waals surface area contributed by atoms with Crippen molar-refractivity contribution in [2.24, 2.45) is 5.10 Å². The Hall–Kier alpha value is -2.33. The van der Waals surface area contributed by atoms with Gasteiger partial charge in [0.15, 0.2) is 5.11 Å². The third-order valence-electron chi connectivity index (χ3n) is 4.24. The van der Waals surface area contributed by atoms with Crippen molar-refractivity contribution in [2.75, 3.05) is 31.6 Å². The fourth-order valence-corrected chi connectivity index (χ4v) is 4.26. The standard InChI is InChI=1S/C19H22N4O3S2/c1-15(21-22-19(27)20-17-5-3-2-4-6-17)16-7-9-18(10-8-16)28(24,25)23-11-13-26-14-12-23/h2-10H,11-14H2,1H3,(H2,20,22,27)/b21-15+. The molecule has 0 bridgehead atoms. The Morgan fingerprint density at radius 3 is 2.36 bits per heavy atom. The van der Waals surface area contributed by atoms with E-state index in [2.05, 4.69) is 15.8 Å². The molecule has 1 fully saturated rings. The van der Waals surface area contributed by atoms with Crippen LogP contribution in [0.2, 0.25) is 0 Å². The van der Waals surface area contributed by atoms with Crippen LogP contribution in [0.1, 0.15) is 12.5 Å². The molecule has 0 aromatic heterocycles. The van der Waals surface area contributed by atoms with E-state index in [9.17, 15) is 8.42 Å². The molecule has 0 aliphatic carbocycles. The highest BCUT2D eigenvalue weighted by atomic mass is 32.2. The summed E-state index contributed by atoms with van der Waals surface area (Å²) in [6, 6.07) is 16.2. The molecule has 1 aliphatic heterocycles. The van der Waals surface area contributed by atoms with Crippen LogP contribution in [-0.2, 0) is 14.8 Å². The molecular weight excluding hydrogens is 396 g/mol. The van der Waals surface area contributed by atoms with Crippen LogP contribution in [0.3, 0.4) is 0 Å². The van der Waals surface area contributed by atoms with E-state index in [1.165, 1.54) is 4.31 Å². The van der Waals surface area contributed by atoms with Crippen molar-refractivity contribution in [1.29, 1.82) is 0 Å². The molecule has 3 rings (SSSR count). The number of morpholine rings is 1. The fraction of sp³-hybridized carbons (Fsp3) is 0.263. The molecule has 0 atom stereocenters. The van der Waals surface area contributed by atoms with E-state index in [1.54, 1.807) is 24.3 Å². The Balaban J connectivity index is 1.63. The molecule has 0 radical (unpaired) electrons. The third kappa shape index (κ3) is 5.14. The molecule has 28 heavy (non-hydrogen) atoms. The number of ether oxygens (including phenoxy) is 1. The van der Waals surface area contributed by atoms with Gasteiger partial charge in [-0.15, -0.1) is 0 Å². The number of hydrogen-bond donors (Lipinski definition) is 2. The molecule has 2 aromatic rings. The molecule has 1 aliphatic rings. The van der Waals surface area contributed by atoms with Crippen LogP contribution in [-0.4, -0.2) is 49.9 Å². The first-order valence-electron chi connectivity index (χ1n) is 8.81. The van der Waals surface area contributed by atoms with Crippen molar-refractivity contribution >= 4 is 38.8 Å². The summed E-state index contributed by atoms with van der Waals surface area (Å²) in [5.74, 6) is 0. The van der Waals surface area contributed by atoms with Gasteiger partial charge < -0.3 is 10.1 Å². The summed E-state index contributed by atoms with van der Waals surface area (Å²) in [5, 5.41) is 7.66. The lowest BCUT2D eigenvalue weighted by molar-refractivity contribution is 0.0730. The van der Waals surface area contributed by atoms with E-state index in [0.717, 1.165) is 11.3 Å². The van der Waals surface area contributed by atoms with Crippen LogP contribution in [0.4, 0.5) is 5.69 Å². The molecule has 1 heterocycles. The number of hydrazone groups is 1. The second-order valence-electron chi connectivity index (χ2n) is 6.17. The van der Waals surface area contributed by atoms with E-state index in [0.29, 0.717) is 37.1 Å². The Bertz CT molecular complexity index is 939. The maximum absolute atomic E-state index is 12.7. The molecular formula is C19H22N4O3S2. The van der Waals surface area contributed by atoms with E-state index in [4.69, 9.17) is 17.0 Å². The van der Waals surface area contributed by atoms with Crippen LogP contribution in [0, 0.1) is 0 Å². The highest BCUT2D eigenvalue weighted by Gasteiger charge is 2.26. The Labute approximate surface area is 170 Å². The zero-order valence-corrected chi connectivity index (χ0v) is 17.1. The second kappa shape index (κ2) is 9.24. The first kappa shape index (κ1) is 20.4. The number of benzene rings is 2. The molecule has 0 spiro atoms. The van der Waals surface area contributed by atoms with Gasteiger partial charge in [0.05, 0.1) is 23.8 Å². The van der Waals surface area contributed by atoms with Crippen molar-refractivity contribution in [3.63, 3.8) is 0 Å². The van der Waals surface area contributed by atoms with Gasteiger partial charge in [0.1, 0.15) is 0 Å². The van der Waals surface area contributed by atoms with Gasteiger partial charge in [-0.1, -0.05) is 30.3 Å². The largest absolute Gasteiger partial charge is 0.379 e. The quantitative estimate of drug-likeness (QED) is 0.441. The summed E-state index contributed by atoms with van der Waals surface area (Å²) >= 11 is 5.22. The lowest BCUT2D eigenvalue weighted by Crippen LogP contribution is -2.40. The molecule has 7 nitrogen and oxygen atoms in total. The van der Waals surface area contributed by atoms with Crippen LogP contribution >= 0.6 is 12.2 Å². The van der Waals surface area contributed by atoms with Gasteiger partial charge >= 0.3 is 0 Å². The van der Waals surface area contributed by atoms with Crippen molar-refractivity contribution in [2.45, 2.75) is 11.8 Å². The van der Waals surface area contributed by atoms with Gasteiger partial charge in [-0.3, -0.25) is 5.43 Å². The highest BCUT2D eigenvalue weighted by molar-refractivity contribution is 7.89. The van der Waals surface area contributed by atoms with Gasteiger partial charge in [-0.2, -0.15) is 9.41 Å². The molecule has 0 amide bonds. The third-order valence-corrected chi connectivity index (χ3v) is 6.34. The molecule has 2 N–H and O–H groups in total. The first-order chi connectivity index (χ1) is 13.5. The van der Waals surface area contributed by atoms with Gasteiger partial charge in [-0.05, 0) is 49.0 Å². The number of sulfonamides is 1. The average molecular weight is 419 g/mol. The predicted octanol–water partition coefficient (Wildman–Crippen LogP) is 2.42. The number of para-hydroxylation sites is 1. The van der Waals surface area contributed by atoms with Crippen LogP contribution in [0.15, 0.2) is 64.6 Å². The predicted molar refractivity (Wildman–Crippen MR) is 114 cm³/mol. The fourth-order valence-electron chi connectivity index (χ4n) is 2.68. The van der Waals surface area contributed by atoms with E-state index in [-0.39, 0.29) is 4.90 Å². The second-order valence-corrected chi connectivity index (χ2v) is 8.52. The van der Waals surface area contributed by atoms with Crippen LogP contribution < -0.4 is 10.7 Å². The van der Waals surface area contributed by atoms with Gasteiger partial charge in [0, 0.05) is 18.8 Å². The number of anilines is 1. The summed E-state index contributed by atoms with van der Waals surface area (Å²) in [6.07, 6.45) is 0. The maximum Gasteiger partial charge on any atom is 0.243 e. The minimum atomic E-state index is -3.50. The first-order valence-corrected chi connectivity index (χ1v) is 10.7. The summed E-state index contributed by atoms with van der Waals surface area (Å²) < 4.78 is 32.0. The molecule has 0 saturated carbocycles. The van der Waals surface area contributed by atoms with Crippen LogP contribution in [0.25, 0.3) is 0 Å². The topological polar surface area (TPSA) is 83.0 Å². The molecule has 2 aromatic carbocycles. The Morgan fingerprint density at radius 2 is 1.71 bits per heavy atom. The van der Waals surface area contributed by atoms with E-state index in [1.807, 2.05) is 37.3 Å². The SMILES string of the molecule is C/C(=N\NC(=S)Nc1ccccc1)c1ccc(S(=O)(=O)N2CCOCC2)cc1. The van der Waals surface area contributed by atoms with Gasteiger partial charge in [0.25, 0.3) is 0 Å². The minimum absolute atomic E-state index is 0.264. The van der Waals surface area contributed by atoms with Crippen molar-refractivity contribution in [3.8, 4) is 0 Å². The summed E-state index contributed by atoms with van der Waals surface area (Å²) in [7, 11) is -3.50. The Kier molecular flexibility index (Phi) is 6.74. The number of nitrogens with zero attached hydrogens (tertiary/aromatic N) is 2. The summed E-state index contributed by atoms with van der Waals surface area (Å²) in [4.78, 5) is 0.264. The zero-order chi connectivity index (χ0) is 20.0. The lowest BCUT2D eigenvalue weighted by atomic mass is 10.1. The number of thiocarbonyl (C=S) groups is 1. The van der Waals surface area contributed by atoms with Crippen molar-refractivity contribution in [1.82, 2.24) is 9.73 Å². The number of hydrogen-bond acceptors (Lipinski definition) is 5. The zero-order valence-electron chi connectivity index (χ0n) is 15.5. The van der Waals surface area contributed by atoms with Crippen molar-refractivity contribution in [3.05, 3.63) is 60.2 Å². The Morgan fingerprint density at radius 1 is 1.07 bits per heavy atom. The smallest absolute Gasteiger partial charge is 0.243 e. The molecule has 0 unspecified atom stereocenters. The van der Waals surface area contributed by atoms with E-state index < -0.39 is 10.0 Å². The summed E-state index contributed by atoms with van der Waals surface area (Å²) in [5.41, 5.74) is 5.15. The maximum atomic E-state index is 12.7. The highest BCUT2D eigenvalue weighted by Crippen LogP contribution is 2.18. The van der Waals surface area contributed by atoms with Gasteiger partial charge in [-0.25, -0.2) is 8.42 Å². The van der Waals surface area contributed by atoms with Crippen molar-refractivity contribution < 1.29 is 13.2 Å². The molecule has 9 heteroatoms. The molecule has 1 saturated heterocycles. The normalized spacial score (nSPS) is 15.8. The van der Waals surface area contributed by atoms with Crippen LogP contribution in [0.5, 0.6) is 0 Å². The number of rotatable bonds is 5. The van der Waals surface area contributed by atoms with E-state index >= 15 is 0 Å². The monoisotopic (exact) mass is 418 g/mol. The molecule has 148 valence electrons. The van der Waals surface area contributed by atoms with Gasteiger partial charge in [0.2, 0.25) is 10.0 Å². The average Bonchev–Trinajstić information content (AvgIpc) is 2.73. The number of nitrogens with one attached hydrogen (secondary N) is 2. The minimum Gasteiger partial charge on any atom is -0.379 e. The lowest BCUT2D eigenvalue weighted by Gasteiger charge is -2.26.